The van der Waals surface area contributed by atoms with Crippen LogP contribution in [0.1, 0.15) is 68.6 Å². The fraction of sp³-hybridized carbons (Fsp3) is 0.632. The Hall–Kier alpha value is -1.40. The summed E-state index contributed by atoms with van der Waals surface area (Å²) in [5.74, 6) is -0.139. The second kappa shape index (κ2) is 9.34. The van der Waals surface area contributed by atoms with Gasteiger partial charge in [-0.05, 0) is 37.5 Å². The molecule has 2 rings (SSSR count). The minimum absolute atomic E-state index is 0.000847. The molecule has 1 fully saturated rings. The number of nitrogens with zero attached hydrogens (tertiary/aromatic N) is 1. The van der Waals surface area contributed by atoms with Crippen LogP contribution in [0.2, 0.25) is 0 Å². The van der Waals surface area contributed by atoms with Gasteiger partial charge >= 0.3 is 0 Å². The Morgan fingerprint density at radius 1 is 1.20 bits per heavy atom. The molecule has 1 amide bonds. The minimum Gasteiger partial charge on any atom is -0.342 e. The van der Waals surface area contributed by atoms with Crippen LogP contribution in [-0.2, 0) is 10.0 Å². The van der Waals surface area contributed by atoms with Crippen molar-refractivity contribution in [3.63, 3.8) is 0 Å². The average Bonchev–Trinajstić information content (AvgIpc) is 2.87. The molecule has 0 unspecified atom stereocenters. The van der Waals surface area contributed by atoms with Gasteiger partial charge in [0.15, 0.2) is 0 Å². The topological polar surface area (TPSA) is 66.5 Å². The normalized spacial score (nSPS) is 16.4. The van der Waals surface area contributed by atoms with Gasteiger partial charge in [0.1, 0.15) is 0 Å². The lowest BCUT2D eigenvalue weighted by molar-refractivity contribution is 0.0793. The molecular formula is C19H30N2O3S. The highest BCUT2D eigenvalue weighted by atomic mass is 32.2. The second-order valence-electron chi connectivity index (χ2n) is 6.92. The molecule has 1 aliphatic carbocycles. The molecule has 1 aliphatic rings. The SMILES string of the molecule is CCCCN(C)C(=O)c1cccc(S(=O)(=O)NC2CCCCCC2)c1. The van der Waals surface area contributed by atoms with Crippen LogP contribution < -0.4 is 4.72 Å². The third kappa shape index (κ3) is 5.82. The van der Waals surface area contributed by atoms with Gasteiger partial charge in [0.25, 0.3) is 5.91 Å². The number of hydrogen-bond acceptors (Lipinski definition) is 3. The van der Waals surface area contributed by atoms with E-state index in [0.717, 1.165) is 38.5 Å². The lowest BCUT2D eigenvalue weighted by atomic mass is 10.1. The Kier molecular flexibility index (Phi) is 7.44. The summed E-state index contributed by atoms with van der Waals surface area (Å²) >= 11 is 0. The molecule has 0 saturated heterocycles. The summed E-state index contributed by atoms with van der Waals surface area (Å²) in [4.78, 5) is 14.3. The van der Waals surface area contributed by atoms with Crippen molar-refractivity contribution in [1.29, 1.82) is 0 Å². The number of benzene rings is 1. The summed E-state index contributed by atoms with van der Waals surface area (Å²) in [6.45, 7) is 2.75. The number of rotatable bonds is 7. The standard InChI is InChI=1S/C19H30N2O3S/c1-3-4-14-21(2)19(22)16-10-9-13-18(15-16)25(23,24)20-17-11-7-5-6-8-12-17/h9-10,13,15,17,20H,3-8,11-12,14H2,1-2H3. The maximum absolute atomic E-state index is 12.7. The zero-order valence-electron chi connectivity index (χ0n) is 15.3. The monoisotopic (exact) mass is 366 g/mol. The highest BCUT2D eigenvalue weighted by Crippen LogP contribution is 2.20. The van der Waals surface area contributed by atoms with E-state index in [1.54, 1.807) is 30.1 Å². The van der Waals surface area contributed by atoms with Crippen LogP contribution in [0.3, 0.4) is 0 Å². The van der Waals surface area contributed by atoms with E-state index in [1.165, 1.54) is 18.9 Å². The van der Waals surface area contributed by atoms with Gasteiger partial charge in [-0.1, -0.05) is 45.1 Å². The zero-order valence-corrected chi connectivity index (χ0v) is 16.1. The Morgan fingerprint density at radius 3 is 2.52 bits per heavy atom. The summed E-state index contributed by atoms with van der Waals surface area (Å²) in [5, 5.41) is 0. The van der Waals surface area contributed by atoms with E-state index >= 15 is 0 Å². The van der Waals surface area contributed by atoms with Crippen LogP contribution in [-0.4, -0.2) is 38.9 Å². The molecule has 6 heteroatoms. The number of amides is 1. The number of carbonyl (C=O) groups is 1. The zero-order chi connectivity index (χ0) is 18.3. The molecule has 0 atom stereocenters. The predicted molar refractivity (Wildman–Crippen MR) is 100 cm³/mol. The highest BCUT2D eigenvalue weighted by Gasteiger charge is 2.22. The quantitative estimate of drug-likeness (QED) is 0.750. The van der Waals surface area contributed by atoms with Crippen LogP contribution in [0.4, 0.5) is 0 Å². The van der Waals surface area contributed by atoms with Crippen LogP contribution in [0.15, 0.2) is 29.2 Å². The van der Waals surface area contributed by atoms with Crippen molar-refractivity contribution in [3.8, 4) is 0 Å². The van der Waals surface area contributed by atoms with Crippen LogP contribution in [0.25, 0.3) is 0 Å². The van der Waals surface area contributed by atoms with E-state index in [0.29, 0.717) is 12.1 Å². The smallest absolute Gasteiger partial charge is 0.253 e. The minimum atomic E-state index is -3.60. The Labute approximate surface area is 151 Å². The molecule has 1 N–H and O–H groups in total. The molecule has 0 bridgehead atoms. The van der Waals surface area contributed by atoms with Gasteiger partial charge in [0.2, 0.25) is 10.0 Å². The molecule has 0 aromatic heterocycles. The molecule has 5 nitrogen and oxygen atoms in total. The summed E-state index contributed by atoms with van der Waals surface area (Å²) in [6.07, 6.45) is 8.19. The molecular weight excluding hydrogens is 336 g/mol. The number of hydrogen-bond donors (Lipinski definition) is 1. The van der Waals surface area contributed by atoms with Gasteiger partial charge in [0, 0.05) is 25.2 Å². The first-order valence-electron chi connectivity index (χ1n) is 9.32. The maximum Gasteiger partial charge on any atom is 0.253 e. The summed E-state index contributed by atoms with van der Waals surface area (Å²) in [6, 6.07) is 6.36. The summed E-state index contributed by atoms with van der Waals surface area (Å²) in [5.41, 5.74) is 0.419. The number of unbranched alkanes of at least 4 members (excludes halogenated alkanes) is 1. The molecule has 1 aromatic rings. The predicted octanol–water partition coefficient (Wildman–Crippen LogP) is 3.56. The largest absolute Gasteiger partial charge is 0.342 e. The van der Waals surface area contributed by atoms with Crippen molar-refractivity contribution in [2.24, 2.45) is 0 Å². The fourth-order valence-electron chi connectivity index (χ4n) is 3.20. The van der Waals surface area contributed by atoms with E-state index in [9.17, 15) is 13.2 Å². The van der Waals surface area contributed by atoms with Gasteiger partial charge < -0.3 is 4.90 Å². The second-order valence-corrected chi connectivity index (χ2v) is 8.63. The van der Waals surface area contributed by atoms with Crippen molar-refractivity contribution in [3.05, 3.63) is 29.8 Å². The molecule has 0 radical (unpaired) electrons. The van der Waals surface area contributed by atoms with Crippen molar-refractivity contribution in [2.45, 2.75) is 69.2 Å². The highest BCUT2D eigenvalue weighted by molar-refractivity contribution is 7.89. The van der Waals surface area contributed by atoms with E-state index in [1.807, 2.05) is 0 Å². The molecule has 1 aromatic carbocycles. The number of nitrogens with one attached hydrogen (secondary N) is 1. The van der Waals surface area contributed by atoms with Gasteiger partial charge in [-0.2, -0.15) is 0 Å². The van der Waals surface area contributed by atoms with Crippen molar-refractivity contribution >= 4 is 15.9 Å². The lowest BCUT2D eigenvalue weighted by Gasteiger charge is -2.18. The van der Waals surface area contributed by atoms with Crippen LogP contribution in [0.5, 0.6) is 0 Å². The first kappa shape index (κ1) is 19.9. The molecule has 0 aliphatic heterocycles. The van der Waals surface area contributed by atoms with Gasteiger partial charge in [-0.25, -0.2) is 13.1 Å². The van der Waals surface area contributed by atoms with E-state index in [-0.39, 0.29) is 16.8 Å². The van der Waals surface area contributed by atoms with Crippen molar-refractivity contribution in [1.82, 2.24) is 9.62 Å². The lowest BCUT2D eigenvalue weighted by Crippen LogP contribution is -2.34. The first-order valence-corrected chi connectivity index (χ1v) is 10.8. The molecule has 0 heterocycles. The Balaban J connectivity index is 2.11. The van der Waals surface area contributed by atoms with Crippen LogP contribution in [0, 0.1) is 0 Å². The average molecular weight is 367 g/mol. The molecule has 0 spiro atoms. The van der Waals surface area contributed by atoms with E-state index in [4.69, 9.17) is 0 Å². The molecule has 140 valence electrons. The van der Waals surface area contributed by atoms with Gasteiger partial charge in [0.05, 0.1) is 4.90 Å². The van der Waals surface area contributed by atoms with Crippen molar-refractivity contribution < 1.29 is 13.2 Å². The maximum atomic E-state index is 12.7. The Bertz CT molecular complexity index is 665. The third-order valence-electron chi connectivity index (χ3n) is 4.76. The molecule has 1 saturated carbocycles. The number of carbonyl (C=O) groups excluding carboxylic acids is 1. The summed E-state index contributed by atoms with van der Waals surface area (Å²) in [7, 11) is -1.84. The first-order chi connectivity index (χ1) is 11.9. The van der Waals surface area contributed by atoms with Crippen molar-refractivity contribution in [2.75, 3.05) is 13.6 Å². The van der Waals surface area contributed by atoms with Gasteiger partial charge in [-0.3, -0.25) is 4.79 Å². The summed E-state index contributed by atoms with van der Waals surface area (Å²) < 4.78 is 28.2. The number of sulfonamides is 1. The fourth-order valence-corrected chi connectivity index (χ4v) is 4.55. The van der Waals surface area contributed by atoms with E-state index in [2.05, 4.69) is 11.6 Å². The molecule has 25 heavy (non-hydrogen) atoms. The Morgan fingerprint density at radius 2 is 1.88 bits per heavy atom. The van der Waals surface area contributed by atoms with Crippen LogP contribution >= 0.6 is 0 Å². The van der Waals surface area contributed by atoms with E-state index < -0.39 is 10.0 Å². The third-order valence-corrected chi connectivity index (χ3v) is 6.28. The van der Waals surface area contributed by atoms with Gasteiger partial charge in [-0.15, -0.1) is 0 Å².